The van der Waals surface area contributed by atoms with E-state index in [0.29, 0.717) is 19.6 Å². The van der Waals surface area contributed by atoms with Gasteiger partial charge >= 0.3 is 5.97 Å². The first-order valence-corrected chi connectivity index (χ1v) is 19.9. The first-order chi connectivity index (χ1) is 22.2. The second-order valence-electron chi connectivity index (χ2n) is 13.3. The van der Waals surface area contributed by atoms with Crippen molar-refractivity contribution < 1.29 is 19.4 Å². The molecule has 4 nitrogen and oxygen atoms in total. The van der Waals surface area contributed by atoms with Gasteiger partial charge in [-0.05, 0) is 64.2 Å². The van der Waals surface area contributed by atoms with Gasteiger partial charge in [0.05, 0.1) is 13.2 Å². The number of esters is 1. The van der Waals surface area contributed by atoms with Crippen molar-refractivity contribution >= 4 is 5.97 Å². The van der Waals surface area contributed by atoms with Crippen LogP contribution in [0.1, 0.15) is 206 Å². The Bertz CT molecular complexity index is 629. The van der Waals surface area contributed by atoms with Gasteiger partial charge in [-0.1, -0.05) is 160 Å². The van der Waals surface area contributed by atoms with E-state index in [1.807, 2.05) is 0 Å². The van der Waals surface area contributed by atoms with Crippen LogP contribution in [0.3, 0.4) is 0 Å². The first-order valence-electron chi connectivity index (χ1n) is 19.9. The third-order valence-corrected chi connectivity index (χ3v) is 8.75. The van der Waals surface area contributed by atoms with Crippen molar-refractivity contribution in [2.75, 3.05) is 19.8 Å². The van der Waals surface area contributed by atoms with Crippen molar-refractivity contribution in [2.24, 2.45) is 0 Å². The van der Waals surface area contributed by atoms with Crippen molar-refractivity contribution in [3.05, 3.63) is 24.3 Å². The van der Waals surface area contributed by atoms with Gasteiger partial charge in [0.1, 0.15) is 6.10 Å². The van der Waals surface area contributed by atoms with Crippen LogP contribution in [-0.2, 0) is 14.3 Å². The van der Waals surface area contributed by atoms with Gasteiger partial charge in [0.25, 0.3) is 0 Å². The van der Waals surface area contributed by atoms with Crippen LogP contribution in [0.2, 0.25) is 0 Å². The molecule has 0 aliphatic carbocycles. The molecule has 1 atom stereocenters. The Morgan fingerprint density at radius 3 is 1.27 bits per heavy atom. The molecule has 0 rings (SSSR count). The molecule has 0 spiro atoms. The molecule has 4 heteroatoms. The van der Waals surface area contributed by atoms with E-state index in [1.54, 1.807) is 0 Å². The minimum absolute atomic E-state index is 0.174. The predicted octanol–water partition coefficient (Wildman–Crippen LogP) is 12.8. The molecule has 0 bridgehead atoms. The average molecular weight is 635 g/mol. The van der Waals surface area contributed by atoms with Gasteiger partial charge in [0.15, 0.2) is 0 Å². The summed E-state index contributed by atoms with van der Waals surface area (Å²) >= 11 is 0. The number of allylic oxidation sites excluding steroid dienone is 4. The predicted molar refractivity (Wildman–Crippen MR) is 196 cm³/mol. The molecule has 0 aromatic carbocycles. The van der Waals surface area contributed by atoms with Gasteiger partial charge in [-0.3, -0.25) is 4.79 Å². The number of aliphatic hydroxyl groups is 1. The summed E-state index contributed by atoms with van der Waals surface area (Å²) in [4.78, 5) is 12.2. The number of rotatable bonds is 37. The Hall–Kier alpha value is -1.13. The molecular formula is C41H78O4. The van der Waals surface area contributed by atoms with Gasteiger partial charge in [0.2, 0.25) is 0 Å². The molecular weight excluding hydrogens is 556 g/mol. The lowest BCUT2D eigenvalue weighted by Crippen LogP contribution is -2.27. The summed E-state index contributed by atoms with van der Waals surface area (Å²) in [5.74, 6) is -0.209. The number of aliphatic hydroxyl groups excluding tert-OH is 1. The summed E-state index contributed by atoms with van der Waals surface area (Å²) in [6.07, 6.45) is 46.5. The third kappa shape index (κ3) is 37.2. The summed E-state index contributed by atoms with van der Waals surface area (Å²) in [6, 6.07) is 0. The lowest BCUT2D eigenvalue weighted by atomic mass is 10.1. The fraction of sp³-hybridized carbons (Fsp3) is 0.878. The molecule has 0 fully saturated rings. The number of unbranched alkanes of at least 4 members (excludes halogenated alkanes) is 25. The molecule has 45 heavy (non-hydrogen) atoms. The lowest BCUT2D eigenvalue weighted by molar-refractivity contribution is -0.154. The summed E-state index contributed by atoms with van der Waals surface area (Å²) in [5.41, 5.74) is 0. The van der Waals surface area contributed by atoms with Crippen LogP contribution >= 0.6 is 0 Å². The third-order valence-electron chi connectivity index (χ3n) is 8.75. The molecule has 0 aromatic heterocycles. The molecule has 0 heterocycles. The fourth-order valence-electron chi connectivity index (χ4n) is 5.73. The van der Waals surface area contributed by atoms with Gasteiger partial charge < -0.3 is 14.6 Å². The van der Waals surface area contributed by atoms with Crippen LogP contribution in [0.5, 0.6) is 0 Å². The summed E-state index contributed by atoms with van der Waals surface area (Å²) in [5, 5.41) is 9.57. The van der Waals surface area contributed by atoms with Crippen LogP contribution in [0.15, 0.2) is 24.3 Å². The van der Waals surface area contributed by atoms with Gasteiger partial charge in [-0.25, -0.2) is 0 Å². The molecule has 0 saturated heterocycles. The summed E-state index contributed by atoms with van der Waals surface area (Å²) in [6.45, 7) is 5.34. The molecule has 266 valence electrons. The summed E-state index contributed by atoms with van der Waals surface area (Å²) < 4.78 is 11.1. The molecule has 0 aliphatic heterocycles. The fourth-order valence-corrected chi connectivity index (χ4v) is 5.73. The van der Waals surface area contributed by atoms with E-state index in [-0.39, 0.29) is 12.6 Å². The lowest BCUT2D eigenvalue weighted by Gasteiger charge is -2.15. The van der Waals surface area contributed by atoms with Gasteiger partial charge in [-0.15, -0.1) is 0 Å². The van der Waals surface area contributed by atoms with Crippen LogP contribution in [-0.4, -0.2) is 37.0 Å². The SMILES string of the molecule is CCCCCCCC/C=C\CCCCCCCCCCOCC(CO)OC(=O)CCCCCCC/C=C\CCCCCCCC. The van der Waals surface area contributed by atoms with E-state index in [1.165, 1.54) is 167 Å². The smallest absolute Gasteiger partial charge is 0.306 e. The van der Waals surface area contributed by atoms with E-state index >= 15 is 0 Å². The average Bonchev–Trinajstić information content (AvgIpc) is 3.05. The highest BCUT2D eigenvalue weighted by atomic mass is 16.6. The van der Waals surface area contributed by atoms with Crippen molar-refractivity contribution in [1.29, 1.82) is 0 Å². The second kappa shape index (κ2) is 39.1. The van der Waals surface area contributed by atoms with Crippen molar-refractivity contribution in [1.82, 2.24) is 0 Å². The number of carbonyl (C=O) groups excluding carboxylic acids is 1. The van der Waals surface area contributed by atoms with Crippen molar-refractivity contribution in [2.45, 2.75) is 213 Å². The van der Waals surface area contributed by atoms with E-state index in [0.717, 1.165) is 19.3 Å². The van der Waals surface area contributed by atoms with Crippen molar-refractivity contribution in [3.8, 4) is 0 Å². The van der Waals surface area contributed by atoms with Crippen molar-refractivity contribution in [3.63, 3.8) is 0 Å². The first kappa shape index (κ1) is 43.9. The minimum atomic E-state index is -0.536. The summed E-state index contributed by atoms with van der Waals surface area (Å²) in [7, 11) is 0. The Balaban J connectivity index is 3.43. The monoisotopic (exact) mass is 635 g/mol. The number of carbonyl (C=O) groups is 1. The number of hydrogen-bond acceptors (Lipinski definition) is 4. The maximum Gasteiger partial charge on any atom is 0.306 e. The van der Waals surface area contributed by atoms with E-state index in [9.17, 15) is 9.90 Å². The van der Waals surface area contributed by atoms with E-state index < -0.39 is 6.10 Å². The highest BCUT2D eigenvalue weighted by Gasteiger charge is 2.13. The minimum Gasteiger partial charge on any atom is -0.457 e. The van der Waals surface area contributed by atoms with Crippen LogP contribution in [0.4, 0.5) is 0 Å². The number of hydrogen-bond donors (Lipinski definition) is 1. The van der Waals surface area contributed by atoms with Crippen LogP contribution in [0, 0.1) is 0 Å². The molecule has 1 unspecified atom stereocenters. The highest BCUT2D eigenvalue weighted by molar-refractivity contribution is 5.69. The topological polar surface area (TPSA) is 55.8 Å². The Kier molecular flexibility index (Phi) is 38.1. The number of ether oxygens (including phenoxy) is 2. The normalized spacial score (nSPS) is 12.5. The zero-order valence-electron chi connectivity index (χ0n) is 30.4. The maximum absolute atomic E-state index is 12.2. The van der Waals surface area contributed by atoms with Gasteiger partial charge in [-0.2, -0.15) is 0 Å². The molecule has 0 radical (unpaired) electrons. The maximum atomic E-state index is 12.2. The Morgan fingerprint density at radius 1 is 0.511 bits per heavy atom. The Labute approximate surface area is 281 Å². The molecule has 0 aromatic rings. The Morgan fingerprint density at radius 2 is 0.867 bits per heavy atom. The van der Waals surface area contributed by atoms with Crippen LogP contribution < -0.4 is 0 Å². The molecule has 1 N–H and O–H groups in total. The van der Waals surface area contributed by atoms with E-state index in [2.05, 4.69) is 38.2 Å². The standard InChI is InChI=1S/C41H78O4/c1-3-5-7-9-11-13-15-17-19-20-21-23-25-27-29-31-33-35-37-44-39-40(38-42)45-41(43)36-34-32-30-28-26-24-22-18-16-14-12-10-8-6-4-2/h17-19,22,40,42H,3-16,20-21,23-39H2,1-2H3/b19-17-,22-18-. The second-order valence-corrected chi connectivity index (χ2v) is 13.3. The quantitative estimate of drug-likeness (QED) is 0.0420. The van der Waals surface area contributed by atoms with Gasteiger partial charge in [0, 0.05) is 13.0 Å². The molecule has 0 aliphatic rings. The largest absolute Gasteiger partial charge is 0.457 e. The zero-order valence-corrected chi connectivity index (χ0v) is 30.4. The molecule has 0 amide bonds. The van der Waals surface area contributed by atoms with E-state index in [4.69, 9.17) is 9.47 Å². The molecule has 0 saturated carbocycles. The van der Waals surface area contributed by atoms with Crippen LogP contribution in [0.25, 0.3) is 0 Å². The zero-order chi connectivity index (χ0) is 32.7. The highest BCUT2D eigenvalue weighted by Crippen LogP contribution is 2.13.